The fourth-order valence-electron chi connectivity index (χ4n) is 2.30. The maximum absolute atomic E-state index is 5.93. The molecular weight excluding hydrogens is 290 g/mol. The molecule has 7 nitrogen and oxygen atoms in total. The largest absolute Gasteiger partial charge is 0.383 e. The molecule has 0 aliphatic carbocycles. The van der Waals surface area contributed by atoms with Gasteiger partial charge in [-0.3, -0.25) is 5.10 Å². The molecule has 3 heterocycles. The number of anilines is 2. The van der Waals surface area contributed by atoms with Crippen LogP contribution in [0.2, 0.25) is 5.02 Å². The van der Waals surface area contributed by atoms with Crippen LogP contribution in [0.15, 0.2) is 30.3 Å². The summed E-state index contributed by atoms with van der Waals surface area (Å²) in [5.74, 6) is 0.701. The summed E-state index contributed by atoms with van der Waals surface area (Å²) in [6.07, 6.45) is 0. The van der Waals surface area contributed by atoms with Crippen LogP contribution in [0.3, 0.4) is 0 Å². The average molecular weight is 300 g/mol. The third kappa shape index (κ3) is 1.71. The number of hydrogen-bond acceptors (Lipinski definition) is 5. The van der Waals surface area contributed by atoms with Gasteiger partial charge in [-0.1, -0.05) is 23.7 Å². The summed E-state index contributed by atoms with van der Waals surface area (Å²) >= 11 is 5.90. The molecule has 21 heavy (non-hydrogen) atoms. The molecule has 0 bridgehead atoms. The van der Waals surface area contributed by atoms with Gasteiger partial charge in [0.1, 0.15) is 17.0 Å². The van der Waals surface area contributed by atoms with E-state index in [2.05, 4.69) is 20.3 Å². The molecule has 0 spiro atoms. The summed E-state index contributed by atoms with van der Waals surface area (Å²) in [6, 6.07) is 9.24. The second kappa shape index (κ2) is 4.10. The number of rotatable bonds is 1. The van der Waals surface area contributed by atoms with Crippen LogP contribution in [0.25, 0.3) is 27.9 Å². The lowest BCUT2D eigenvalue weighted by atomic mass is 10.2. The van der Waals surface area contributed by atoms with E-state index in [9.17, 15) is 0 Å². The van der Waals surface area contributed by atoms with Gasteiger partial charge in [0.05, 0.1) is 5.69 Å². The number of aromatic nitrogens is 5. The first-order valence-electron chi connectivity index (χ1n) is 6.18. The minimum Gasteiger partial charge on any atom is -0.383 e. The van der Waals surface area contributed by atoms with Crippen LogP contribution < -0.4 is 11.5 Å². The lowest BCUT2D eigenvalue weighted by molar-refractivity contribution is 0.955. The zero-order valence-corrected chi connectivity index (χ0v) is 11.5. The highest BCUT2D eigenvalue weighted by Gasteiger charge is 2.15. The summed E-state index contributed by atoms with van der Waals surface area (Å²) in [7, 11) is 0. The van der Waals surface area contributed by atoms with E-state index in [0.717, 1.165) is 11.3 Å². The van der Waals surface area contributed by atoms with Gasteiger partial charge in [-0.2, -0.15) is 14.7 Å². The first-order valence-corrected chi connectivity index (χ1v) is 6.56. The SMILES string of the molecule is Nc1nc2cc(-c3ccc(Cl)cc3)nn2c2n[nH]c(N)c12. The molecule has 0 fully saturated rings. The molecule has 0 saturated heterocycles. The minimum absolute atomic E-state index is 0.325. The fourth-order valence-corrected chi connectivity index (χ4v) is 2.42. The molecule has 0 radical (unpaired) electrons. The summed E-state index contributed by atoms with van der Waals surface area (Å²) in [4.78, 5) is 4.31. The number of nitrogen functional groups attached to an aromatic ring is 2. The molecular formula is C13H10ClN7. The lowest BCUT2D eigenvalue weighted by Gasteiger charge is -1.98. The molecule has 104 valence electrons. The van der Waals surface area contributed by atoms with Crippen molar-refractivity contribution in [3.63, 3.8) is 0 Å². The van der Waals surface area contributed by atoms with Crippen molar-refractivity contribution < 1.29 is 0 Å². The van der Waals surface area contributed by atoms with Crippen molar-refractivity contribution in [2.75, 3.05) is 11.5 Å². The van der Waals surface area contributed by atoms with Gasteiger partial charge in [0.25, 0.3) is 0 Å². The van der Waals surface area contributed by atoms with Gasteiger partial charge in [0.15, 0.2) is 11.3 Å². The Kier molecular flexibility index (Phi) is 2.34. The number of fused-ring (bicyclic) bond motifs is 3. The van der Waals surface area contributed by atoms with Crippen molar-refractivity contribution >= 4 is 39.9 Å². The van der Waals surface area contributed by atoms with E-state index in [1.807, 2.05) is 30.3 Å². The second-order valence-electron chi connectivity index (χ2n) is 4.64. The van der Waals surface area contributed by atoms with Crippen LogP contribution in [-0.2, 0) is 0 Å². The van der Waals surface area contributed by atoms with Crippen molar-refractivity contribution in [3.05, 3.63) is 35.4 Å². The van der Waals surface area contributed by atoms with Crippen LogP contribution in [0.1, 0.15) is 0 Å². The number of nitrogens with zero attached hydrogens (tertiary/aromatic N) is 4. The highest BCUT2D eigenvalue weighted by Crippen LogP contribution is 2.27. The molecule has 1 aromatic carbocycles. The zero-order chi connectivity index (χ0) is 14.6. The monoisotopic (exact) mass is 299 g/mol. The molecule has 0 unspecified atom stereocenters. The molecule has 3 aromatic heterocycles. The Balaban J connectivity index is 2.01. The van der Waals surface area contributed by atoms with Gasteiger partial charge in [-0.05, 0) is 12.1 Å². The topological polar surface area (TPSA) is 111 Å². The quantitative estimate of drug-likeness (QED) is 0.498. The van der Waals surface area contributed by atoms with Crippen LogP contribution in [0.4, 0.5) is 11.6 Å². The standard InChI is InChI=1S/C13H10ClN7/c14-7-3-1-6(2-4-7)8-5-9-17-11(15)10-12(16)18-19-13(10)21(9)20-8/h1-5H,(H2,15,17)(H3,16,18,19). The smallest absolute Gasteiger partial charge is 0.190 e. The number of hydrogen-bond donors (Lipinski definition) is 3. The highest BCUT2D eigenvalue weighted by molar-refractivity contribution is 6.30. The number of nitrogens with one attached hydrogen (secondary N) is 1. The maximum Gasteiger partial charge on any atom is 0.190 e. The van der Waals surface area contributed by atoms with Crippen molar-refractivity contribution in [2.24, 2.45) is 0 Å². The van der Waals surface area contributed by atoms with Gasteiger partial charge in [-0.15, -0.1) is 0 Å². The first-order chi connectivity index (χ1) is 10.1. The van der Waals surface area contributed by atoms with E-state index in [1.165, 1.54) is 0 Å². The third-order valence-electron chi connectivity index (χ3n) is 3.30. The molecule has 0 amide bonds. The maximum atomic E-state index is 5.93. The number of nitrogens with two attached hydrogens (primary N) is 2. The number of aromatic amines is 1. The second-order valence-corrected chi connectivity index (χ2v) is 5.08. The molecule has 0 saturated carbocycles. The zero-order valence-electron chi connectivity index (χ0n) is 10.7. The summed E-state index contributed by atoms with van der Waals surface area (Å²) in [5.41, 5.74) is 14.6. The highest BCUT2D eigenvalue weighted by atomic mass is 35.5. The van der Waals surface area contributed by atoms with Crippen LogP contribution in [0, 0.1) is 0 Å². The van der Waals surface area contributed by atoms with Crippen LogP contribution >= 0.6 is 11.6 Å². The predicted molar refractivity (Wildman–Crippen MR) is 81.9 cm³/mol. The third-order valence-corrected chi connectivity index (χ3v) is 3.55. The molecule has 8 heteroatoms. The number of benzene rings is 1. The minimum atomic E-state index is 0.325. The van der Waals surface area contributed by atoms with Crippen molar-refractivity contribution in [1.29, 1.82) is 0 Å². The molecule has 5 N–H and O–H groups in total. The Morgan fingerprint density at radius 1 is 1.14 bits per heavy atom. The number of halogens is 1. The first kappa shape index (κ1) is 12.0. The normalized spacial score (nSPS) is 11.5. The van der Waals surface area contributed by atoms with Crippen molar-refractivity contribution in [2.45, 2.75) is 0 Å². The lowest BCUT2D eigenvalue weighted by Crippen LogP contribution is -1.99. The number of H-pyrrole nitrogens is 1. The summed E-state index contributed by atoms with van der Waals surface area (Å²) < 4.78 is 1.61. The van der Waals surface area contributed by atoms with E-state index in [0.29, 0.717) is 33.3 Å². The van der Waals surface area contributed by atoms with E-state index in [4.69, 9.17) is 23.1 Å². The van der Waals surface area contributed by atoms with Gasteiger partial charge < -0.3 is 11.5 Å². The van der Waals surface area contributed by atoms with Gasteiger partial charge in [0.2, 0.25) is 0 Å². The molecule has 0 atom stereocenters. The van der Waals surface area contributed by atoms with E-state index in [-0.39, 0.29) is 0 Å². The van der Waals surface area contributed by atoms with Crippen LogP contribution in [-0.4, -0.2) is 24.8 Å². The molecule has 0 aliphatic rings. The van der Waals surface area contributed by atoms with E-state index >= 15 is 0 Å². The Bertz CT molecular complexity index is 968. The Morgan fingerprint density at radius 3 is 2.67 bits per heavy atom. The Hall–Kier alpha value is -2.80. The van der Waals surface area contributed by atoms with E-state index < -0.39 is 0 Å². The summed E-state index contributed by atoms with van der Waals surface area (Å²) in [6.45, 7) is 0. The molecule has 4 rings (SSSR count). The van der Waals surface area contributed by atoms with E-state index in [1.54, 1.807) is 4.52 Å². The van der Waals surface area contributed by atoms with Crippen LogP contribution in [0.5, 0.6) is 0 Å². The molecule has 0 aliphatic heterocycles. The van der Waals surface area contributed by atoms with Gasteiger partial charge in [-0.25, -0.2) is 4.98 Å². The Morgan fingerprint density at radius 2 is 1.90 bits per heavy atom. The van der Waals surface area contributed by atoms with Gasteiger partial charge >= 0.3 is 0 Å². The average Bonchev–Trinajstić information content (AvgIpc) is 3.04. The fraction of sp³-hybridized carbons (Fsp3) is 0. The Labute approximate surface area is 123 Å². The predicted octanol–water partition coefficient (Wildman–Crippen LogP) is 2.09. The molecule has 4 aromatic rings. The van der Waals surface area contributed by atoms with Crippen molar-refractivity contribution in [3.8, 4) is 11.3 Å². The van der Waals surface area contributed by atoms with Gasteiger partial charge in [0, 0.05) is 16.7 Å². The summed E-state index contributed by atoms with van der Waals surface area (Å²) in [5, 5.41) is 12.6. The van der Waals surface area contributed by atoms with Crippen molar-refractivity contribution in [1.82, 2.24) is 24.8 Å².